The highest BCUT2D eigenvalue weighted by Crippen LogP contribution is 2.54. The Morgan fingerprint density at radius 1 is 0.365 bits per heavy atom. The normalized spacial score (nSPS) is 12.7. The van der Waals surface area contributed by atoms with Crippen LogP contribution in [0.4, 0.5) is 0 Å². The van der Waals surface area contributed by atoms with Gasteiger partial charge in [0.05, 0.1) is 22.6 Å². The fraction of sp³-hybridized carbons (Fsp3) is 0.0500. The van der Waals surface area contributed by atoms with Gasteiger partial charge in [0.1, 0.15) is 0 Å². The standard InChI is InChI=1S/C60H41N3/c1-60(2)51-20-12-11-19-50(51)58-57(60)55(56-49-18-10-9-17-42(49)33-34-52(56)61-58)47-31-29-46-36-48(32-30-45(46)35-47)59-62-53(43-25-21-40(22-26-43)38-13-5-3-6-14-38)37-54(63-59)44-27-23-41(24-28-44)39-15-7-4-8-16-39/h3-37H,1-2H3. The van der Waals surface area contributed by atoms with Crippen molar-refractivity contribution in [2.45, 2.75) is 19.3 Å². The highest BCUT2D eigenvalue weighted by atomic mass is 14.9. The molecule has 0 saturated carbocycles. The van der Waals surface area contributed by atoms with Gasteiger partial charge in [-0.25, -0.2) is 15.0 Å². The van der Waals surface area contributed by atoms with Gasteiger partial charge in [-0.1, -0.05) is 202 Å². The number of nitrogens with zero attached hydrogens (tertiary/aromatic N) is 3. The summed E-state index contributed by atoms with van der Waals surface area (Å²) >= 11 is 0. The van der Waals surface area contributed by atoms with Crippen LogP contribution in [-0.2, 0) is 5.41 Å². The predicted octanol–water partition coefficient (Wildman–Crippen LogP) is 15.6. The van der Waals surface area contributed by atoms with Gasteiger partial charge in [-0.05, 0) is 90.3 Å². The van der Waals surface area contributed by atoms with Crippen molar-refractivity contribution in [1.29, 1.82) is 0 Å². The Labute approximate surface area is 367 Å². The zero-order valence-electron chi connectivity index (χ0n) is 35.0. The quantitative estimate of drug-likeness (QED) is 0.157. The zero-order valence-corrected chi connectivity index (χ0v) is 35.0. The highest BCUT2D eigenvalue weighted by molar-refractivity contribution is 6.16. The Morgan fingerprint density at radius 2 is 0.857 bits per heavy atom. The summed E-state index contributed by atoms with van der Waals surface area (Å²) in [6.07, 6.45) is 0. The molecule has 11 aromatic rings. The van der Waals surface area contributed by atoms with Gasteiger partial charge < -0.3 is 0 Å². The van der Waals surface area contributed by atoms with E-state index in [0.717, 1.165) is 50.1 Å². The first-order valence-electron chi connectivity index (χ1n) is 21.7. The van der Waals surface area contributed by atoms with Crippen LogP contribution in [0.3, 0.4) is 0 Å². The van der Waals surface area contributed by atoms with Crippen LogP contribution in [0.25, 0.3) is 111 Å². The molecule has 3 nitrogen and oxygen atoms in total. The molecule has 0 spiro atoms. The number of rotatable bonds is 6. The molecule has 12 rings (SSSR count). The van der Waals surface area contributed by atoms with Gasteiger partial charge in [-0.3, -0.25) is 0 Å². The molecule has 0 aliphatic heterocycles. The molecule has 0 amide bonds. The molecule has 0 unspecified atom stereocenters. The number of hydrogen-bond acceptors (Lipinski definition) is 3. The van der Waals surface area contributed by atoms with Gasteiger partial charge in [0.2, 0.25) is 0 Å². The third kappa shape index (κ3) is 6.23. The van der Waals surface area contributed by atoms with Crippen molar-refractivity contribution in [3.05, 3.63) is 223 Å². The predicted molar refractivity (Wildman–Crippen MR) is 263 cm³/mol. The van der Waals surface area contributed by atoms with Gasteiger partial charge in [-0.15, -0.1) is 0 Å². The molecule has 296 valence electrons. The van der Waals surface area contributed by atoms with E-state index in [9.17, 15) is 0 Å². The Balaban J connectivity index is 0.993. The molecule has 2 heterocycles. The molecule has 0 atom stereocenters. The van der Waals surface area contributed by atoms with Crippen LogP contribution in [0.1, 0.15) is 25.0 Å². The molecule has 2 aromatic heterocycles. The molecule has 0 N–H and O–H groups in total. The maximum atomic E-state index is 5.42. The second-order valence-electron chi connectivity index (χ2n) is 17.2. The van der Waals surface area contributed by atoms with E-state index in [4.69, 9.17) is 15.0 Å². The van der Waals surface area contributed by atoms with E-state index in [2.05, 4.69) is 226 Å². The van der Waals surface area contributed by atoms with Crippen LogP contribution in [0.2, 0.25) is 0 Å². The van der Waals surface area contributed by atoms with Crippen molar-refractivity contribution in [2.24, 2.45) is 0 Å². The lowest BCUT2D eigenvalue weighted by Gasteiger charge is -2.26. The van der Waals surface area contributed by atoms with Gasteiger partial charge in [0, 0.05) is 33.1 Å². The van der Waals surface area contributed by atoms with Gasteiger partial charge >= 0.3 is 0 Å². The van der Waals surface area contributed by atoms with Crippen molar-refractivity contribution < 1.29 is 0 Å². The van der Waals surface area contributed by atoms with Crippen LogP contribution >= 0.6 is 0 Å². The van der Waals surface area contributed by atoms with E-state index in [0.29, 0.717) is 5.82 Å². The third-order valence-corrected chi connectivity index (χ3v) is 13.0. The van der Waals surface area contributed by atoms with Crippen LogP contribution < -0.4 is 0 Å². The van der Waals surface area contributed by atoms with Crippen molar-refractivity contribution in [3.8, 4) is 78.5 Å². The Hall–Kier alpha value is -8.01. The minimum absolute atomic E-state index is 0.234. The average molecular weight is 804 g/mol. The first-order chi connectivity index (χ1) is 31.0. The van der Waals surface area contributed by atoms with Crippen molar-refractivity contribution >= 4 is 32.4 Å². The van der Waals surface area contributed by atoms with Crippen LogP contribution in [0.5, 0.6) is 0 Å². The van der Waals surface area contributed by atoms with Crippen molar-refractivity contribution in [2.75, 3.05) is 0 Å². The molecule has 63 heavy (non-hydrogen) atoms. The molecule has 0 fully saturated rings. The average Bonchev–Trinajstić information content (AvgIpc) is 3.58. The Bertz CT molecular complexity index is 3450. The zero-order chi connectivity index (χ0) is 42.1. The van der Waals surface area contributed by atoms with Crippen LogP contribution in [0.15, 0.2) is 212 Å². The number of hydrogen-bond donors (Lipinski definition) is 0. The molecule has 1 aliphatic rings. The van der Waals surface area contributed by atoms with Crippen molar-refractivity contribution in [3.63, 3.8) is 0 Å². The SMILES string of the molecule is CC1(C)c2ccccc2-c2nc3ccc4ccccc4c3c(-c3ccc4cc(-c5nc(-c6ccc(-c7ccccc7)cc6)cc(-c6ccc(-c7ccccc7)cc6)n5)ccc4c3)c21. The van der Waals surface area contributed by atoms with Gasteiger partial charge in [-0.2, -0.15) is 0 Å². The van der Waals surface area contributed by atoms with Gasteiger partial charge in [0.15, 0.2) is 5.82 Å². The lowest BCUT2D eigenvalue weighted by molar-refractivity contribution is 0.662. The van der Waals surface area contributed by atoms with E-state index in [1.54, 1.807) is 0 Å². The number of fused-ring (bicyclic) bond motifs is 7. The third-order valence-electron chi connectivity index (χ3n) is 13.0. The highest BCUT2D eigenvalue weighted by Gasteiger charge is 2.39. The van der Waals surface area contributed by atoms with Crippen LogP contribution in [-0.4, -0.2) is 15.0 Å². The summed E-state index contributed by atoms with van der Waals surface area (Å²) in [5, 5.41) is 5.93. The van der Waals surface area contributed by atoms with E-state index < -0.39 is 0 Å². The van der Waals surface area contributed by atoms with E-state index in [1.165, 1.54) is 66.2 Å². The summed E-state index contributed by atoms with van der Waals surface area (Å²) in [6, 6.07) is 76.0. The van der Waals surface area contributed by atoms with Crippen molar-refractivity contribution in [1.82, 2.24) is 15.0 Å². The largest absolute Gasteiger partial charge is 0.247 e. The molecule has 1 aliphatic carbocycles. The number of pyridine rings is 1. The second-order valence-corrected chi connectivity index (χ2v) is 17.2. The Morgan fingerprint density at radius 3 is 1.51 bits per heavy atom. The second kappa shape index (κ2) is 14.6. The lowest BCUT2D eigenvalue weighted by atomic mass is 9.78. The summed E-state index contributed by atoms with van der Waals surface area (Å²) in [4.78, 5) is 15.9. The summed E-state index contributed by atoms with van der Waals surface area (Å²) in [7, 11) is 0. The fourth-order valence-corrected chi connectivity index (χ4v) is 9.84. The Kier molecular flexibility index (Phi) is 8.52. The maximum absolute atomic E-state index is 5.42. The summed E-state index contributed by atoms with van der Waals surface area (Å²) in [5.74, 6) is 0.691. The molecular weight excluding hydrogens is 763 g/mol. The lowest BCUT2D eigenvalue weighted by Crippen LogP contribution is -2.16. The fourth-order valence-electron chi connectivity index (χ4n) is 9.84. The molecular formula is C60H41N3. The monoisotopic (exact) mass is 803 g/mol. The van der Waals surface area contributed by atoms with Gasteiger partial charge in [0.25, 0.3) is 0 Å². The minimum Gasteiger partial charge on any atom is -0.247 e. The van der Waals surface area contributed by atoms with E-state index in [-0.39, 0.29) is 5.41 Å². The first kappa shape index (κ1) is 36.8. The summed E-state index contributed by atoms with van der Waals surface area (Å²) < 4.78 is 0. The molecule has 0 radical (unpaired) electrons. The van der Waals surface area contributed by atoms with Crippen LogP contribution in [0, 0.1) is 0 Å². The maximum Gasteiger partial charge on any atom is 0.160 e. The van der Waals surface area contributed by atoms with E-state index in [1.807, 2.05) is 0 Å². The number of benzene rings is 9. The molecule has 0 bridgehead atoms. The number of aromatic nitrogens is 3. The summed E-state index contributed by atoms with van der Waals surface area (Å²) in [6.45, 7) is 4.70. The smallest absolute Gasteiger partial charge is 0.160 e. The topological polar surface area (TPSA) is 38.7 Å². The first-order valence-corrected chi connectivity index (χ1v) is 21.7. The molecule has 3 heteroatoms. The molecule has 9 aromatic carbocycles. The minimum atomic E-state index is -0.234. The molecule has 0 saturated heterocycles. The van der Waals surface area contributed by atoms with E-state index >= 15 is 0 Å². The summed E-state index contributed by atoms with van der Waals surface area (Å²) in [5.41, 5.74) is 17.7.